The van der Waals surface area contributed by atoms with Crippen LogP contribution in [0, 0.1) is 0 Å². The van der Waals surface area contributed by atoms with Crippen molar-refractivity contribution < 1.29 is 9.90 Å². The van der Waals surface area contributed by atoms with Crippen LogP contribution in [0.1, 0.15) is 25.7 Å². The molecule has 0 aromatic carbocycles. The Morgan fingerprint density at radius 1 is 1.42 bits per heavy atom. The first-order chi connectivity index (χ1) is 5.81. The molecule has 72 valence electrons. The molecule has 12 heavy (non-hydrogen) atoms. The second-order valence-electron chi connectivity index (χ2n) is 2.21. The van der Waals surface area contributed by atoms with Crippen LogP contribution >= 0.6 is 12.2 Å². The van der Waals surface area contributed by atoms with Crippen LogP contribution in [0.2, 0.25) is 0 Å². The maximum absolute atomic E-state index is 10.6. The van der Waals surface area contributed by atoms with Crippen molar-refractivity contribution >= 4 is 24.0 Å². The lowest BCUT2D eigenvalue weighted by Crippen LogP contribution is -2.16. The summed E-state index contributed by atoms with van der Waals surface area (Å²) in [5, 5.41) is 10.9. The van der Waals surface area contributed by atoms with E-state index in [1.807, 2.05) is 0 Å². The lowest BCUT2D eigenvalue weighted by atomic mass is 10.2. The Hall–Kier alpha value is -0.480. The Bertz CT molecular complexity index is 109. The average Bonchev–Trinajstić information content (AvgIpc) is 2.15. The van der Waals surface area contributed by atoms with E-state index in [1.165, 1.54) is 0 Å². The third-order valence-electron chi connectivity index (χ3n) is 1.34. The van der Waals surface area contributed by atoms with Crippen LogP contribution in [0.5, 0.6) is 0 Å². The van der Waals surface area contributed by atoms with E-state index in [2.05, 4.69) is 23.4 Å². The molecule has 3 nitrogen and oxygen atoms in total. The fourth-order valence-electron chi connectivity index (χ4n) is 0.699. The van der Waals surface area contributed by atoms with E-state index >= 15 is 0 Å². The van der Waals surface area contributed by atoms with E-state index in [1.54, 1.807) is 7.05 Å². The van der Waals surface area contributed by atoms with Crippen molar-refractivity contribution in [3.05, 3.63) is 0 Å². The Morgan fingerprint density at radius 3 is 2.42 bits per heavy atom. The van der Waals surface area contributed by atoms with E-state index in [0.717, 1.165) is 19.3 Å². The molecule has 0 saturated carbocycles. The van der Waals surface area contributed by atoms with Crippen molar-refractivity contribution in [2.75, 3.05) is 13.7 Å². The first-order valence-electron chi connectivity index (χ1n) is 3.91. The number of aliphatic hydroxyl groups is 1. The van der Waals surface area contributed by atoms with Crippen LogP contribution in [-0.4, -0.2) is 30.5 Å². The first kappa shape index (κ1) is 14.1. The molecule has 0 saturated heterocycles. The van der Waals surface area contributed by atoms with Crippen molar-refractivity contribution in [1.29, 1.82) is 0 Å². The van der Waals surface area contributed by atoms with Gasteiger partial charge in [0.05, 0.1) is 0 Å². The lowest BCUT2D eigenvalue weighted by Gasteiger charge is -1.97. The van der Waals surface area contributed by atoms with Crippen LogP contribution < -0.4 is 5.32 Å². The Balaban J connectivity index is 0. The monoisotopic (exact) mass is 191 g/mol. The van der Waals surface area contributed by atoms with E-state index in [0.29, 0.717) is 6.42 Å². The third kappa shape index (κ3) is 12.2. The fraction of sp³-hybridized carbons (Fsp3) is 0.750. The second-order valence-corrected chi connectivity index (χ2v) is 2.21. The van der Waals surface area contributed by atoms with Crippen molar-refractivity contribution in [2.24, 2.45) is 0 Å². The molecule has 1 amide bonds. The Kier molecular flexibility index (Phi) is 15.4. The maximum Gasteiger partial charge on any atom is 0.219 e. The van der Waals surface area contributed by atoms with Gasteiger partial charge in [-0.05, 0) is 18.7 Å². The van der Waals surface area contributed by atoms with Gasteiger partial charge in [-0.3, -0.25) is 4.79 Å². The summed E-state index contributed by atoms with van der Waals surface area (Å²) < 4.78 is 0. The molecule has 0 unspecified atom stereocenters. The number of hydrogen-bond donors (Lipinski definition) is 2. The summed E-state index contributed by atoms with van der Waals surface area (Å²) in [6.45, 7) is 0.230. The summed E-state index contributed by atoms with van der Waals surface area (Å²) in [5.41, 5.74) is 0. The smallest absolute Gasteiger partial charge is 0.219 e. The molecule has 0 radical (unpaired) electrons. The molecule has 0 heterocycles. The summed E-state index contributed by atoms with van der Waals surface area (Å²) in [5.74, 6) is 2.91. The zero-order valence-electron chi connectivity index (χ0n) is 7.51. The highest BCUT2D eigenvalue weighted by atomic mass is 32.1. The molecule has 0 atom stereocenters. The molecule has 0 aromatic heterocycles. The number of unbranched alkanes of at least 4 members (excludes halogenated alkanes) is 2. The largest absolute Gasteiger partial charge is 0.396 e. The summed E-state index contributed by atoms with van der Waals surface area (Å²) in [4.78, 5) is 10.6. The molecular formula is C8H17NO2S. The van der Waals surface area contributed by atoms with Gasteiger partial charge < -0.3 is 10.4 Å². The van der Waals surface area contributed by atoms with Gasteiger partial charge in [-0.15, -0.1) is 0 Å². The summed E-state index contributed by atoms with van der Waals surface area (Å²) in [6.07, 6.45) is 3.19. The standard InChI is InChI=1S/C7H15NO2.CH2S/c1-8-7(10)5-3-2-4-6-9;1-2/h9H,2-6H2,1H3,(H,8,10);1H2. The minimum absolute atomic E-state index is 0.0814. The predicted octanol–water partition coefficient (Wildman–Crippen LogP) is 0.901. The van der Waals surface area contributed by atoms with Crippen molar-refractivity contribution in [3.8, 4) is 0 Å². The van der Waals surface area contributed by atoms with E-state index < -0.39 is 0 Å². The molecule has 0 spiro atoms. The average molecular weight is 191 g/mol. The summed E-state index contributed by atoms with van der Waals surface area (Å²) >= 11 is 3.83. The Labute approximate surface area is 79.2 Å². The molecular weight excluding hydrogens is 174 g/mol. The minimum atomic E-state index is 0.0814. The van der Waals surface area contributed by atoms with Gasteiger partial charge in [0.15, 0.2) is 0 Å². The van der Waals surface area contributed by atoms with Gasteiger partial charge >= 0.3 is 0 Å². The quantitative estimate of drug-likeness (QED) is 0.501. The van der Waals surface area contributed by atoms with Gasteiger partial charge in [0.2, 0.25) is 5.91 Å². The fourth-order valence-corrected chi connectivity index (χ4v) is 0.699. The van der Waals surface area contributed by atoms with Crippen LogP contribution in [0.25, 0.3) is 0 Å². The molecule has 0 fully saturated rings. The number of carbonyl (C=O) groups excluding carboxylic acids is 1. The molecule has 0 aliphatic heterocycles. The van der Waals surface area contributed by atoms with Crippen LogP contribution in [0.15, 0.2) is 0 Å². The molecule has 0 bridgehead atoms. The highest BCUT2D eigenvalue weighted by Gasteiger charge is 1.95. The van der Waals surface area contributed by atoms with Gasteiger partial charge in [0.25, 0.3) is 0 Å². The zero-order valence-corrected chi connectivity index (χ0v) is 8.32. The van der Waals surface area contributed by atoms with Gasteiger partial charge in [-0.1, -0.05) is 18.6 Å². The zero-order chi connectivity index (χ0) is 9.82. The molecule has 4 heteroatoms. The number of aliphatic hydroxyl groups excluding tert-OH is 1. The van der Waals surface area contributed by atoms with E-state index in [9.17, 15) is 4.79 Å². The molecule has 0 rings (SSSR count). The topological polar surface area (TPSA) is 49.3 Å². The highest BCUT2D eigenvalue weighted by molar-refractivity contribution is 7.77. The van der Waals surface area contributed by atoms with Crippen molar-refractivity contribution in [1.82, 2.24) is 5.32 Å². The summed E-state index contributed by atoms with van der Waals surface area (Å²) in [7, 11) is 1.63. The SMILES string of the molecule is C=S.CNC(=O)CCCCCO. The van der Waals surface area contributed by atoms with Gasteiger partial charge in [-0.2, -0.15) is 0 Å². The molecule has 0 aliphatic carbocycles. The molecule has 2 N–H and O–H groups in total. The highest BCUT2D eigenvalue weighted by Crippen LogP contribution is 1.97. The summed E-state index contributed by atoms with van der Waals surface area (Å²) in [6, 6.07) is 0. The molecule has 0 aliphatic rings. The van der Waals surface area contributed by atoms with Gasteiger partial charge in [0, 0.05) is 20.1 Å². The molecule has 0 aromatic rings. The number of carbonyl (C=O) groups is 1. The van der Waals surface area contributed by atoms with Crippen LogP contribution in [0.3, 0.4) is 0 Å². The number of rotatable bonds is 5. The first-order valence-corrected chi connectivity index (χ1v) is 4.49. The number of hydrogen-bond acceptors (Lipinski definition) is 3. The minimum Gasteiger partial charge on any atom is -0.396 e. The normalized spacial score (nSPS) is 8.17. The van der Waals surface area contributed by atoms with E-state index in [4.69, 9.17) is 5.11 Å². The number of amides is 1. The second kappa shape index (κ2) is 13.1. The van der Waals surface area contributed by atoms with Crippen molar-refractivity contribution in [2.45, 2.75) is 25.7 Å². The number of thiocarbonyl (C=S) groups is 1. The number of nitrogens with one attached hydrogen (secondary N) is 1. The third-order valence-corrected chi connectivity index (χ3v) is 1.34. The van der Waals surface area contributed by atoms with Crippen LogP contribution in [0.4, 0.5) is 0 Å². The predicted molar refractivity (Wildman–Crippen MR) is 54.3 cm³/mol. The van der Waals surface area contributed by atoms with Gasteiger partial charge in [-0.25, -0.2) is 0 Å². The van der Waals surface area contributed by atoms with Gasteiger partial charge in [0.1, 0.15) is 0 Å². The Morgan fingerprint density at radius 2 is 2.00 bits per heavy atom. The van der Waals surface area contributed by atoms with E-state index in [-0.39, 0.29) is 12.5 Å². The van der Waals surface area contributed by atoms with Crippen LogP contribution in [-0.2, 0) is 4.79 Å². The maximum atomic E-state index is 10.6. The lowest BCUT2D eigenvalue weighted by molar-refractivity contribution is -0.120. The van der Waals surface area contributed by atoms with Crippen molar-refractivity contribution in [3.63, 3.8) is 0 Å².